The average molecular weight is 398 g/mol. The van der Waals surface area contributed by atoms with Crippen molar-refractivity contribution in [2.75, 3.05) is 7.11 Å². The second kappa shape index (κ2) is 8.15. The minimum absolute atomic E-state index is 0.127. The number of carbonyl (C=O) groups is 2. The Balaban J connectivity index is 2.11. The molecule has 0 bridgehead atoms. The molecule has 156 valence electrons. The molecule has 1 aromatic carbocycles. The van der Waals surface area contributed by atoms with Crippen molar-refractivity contribution in [1.29, 1.82) is 0 Å². The molecule has 0 saturated heterocycles. The van der Waals surface area contributed by atoms with E-state index in [4.69, 9.17) is 14.2 Å². The van der Waals surface area contributed by atoms with E-state index in [1.54, 1.807) is 7.11 Å². The van der Waals surface area contributed by atoms with Crippen LogP contribution in [0.25, 0.3) is 0 Å². The van der Waals surface area contributed by atoms with E-state index in [0.717, 1.165) is 17.6 Å². The van der Waals surface area contributed by atoms with E-state index in [1.807, 2.05) is 58.0 Å². The van der Waals surface area contributed by atoms with Crippen molar-refractivity contribution >= 4 is 11.6 Å². The zero-order valence-corrected chi connectivity index (χ0v) is 18.1. The monoisotopic (exact) mass is 398 g/mol. The van der Waals surface area contributed by atoms with Gasteiger partial charge in [0.05, 0.1) is 12.2 Å². The minimum atomic E-state index is -1.12. The van der Waals surface area contributed by atoms with Crippen LogP contribution in [0.1, 0.15) is 53.0 Å². The Bertz CT molecular complexity index is 863. The van der Waals surface area contributed by atoms with Gasteiger partial charge < -0.3 is 14.2 Å². The van der Waals surface area contributed by atoms with Crippen LogP contribution < -0.4 is 0 Å². The first-order chi connectivity index (χ1) is 13.8. The van der Waals surface area contributed by atoms with E-state index in [-0.39, 0.29) is 29.5 Å². The van der Waals surface area contributed by atoms with Crippen LogP contribution >= 0.6 is 0 Å². The van der Waals surface area contributed by atoms with Crippen molar-refractivity contribution in [2.24, 2.45) is 5.92 Å². The summed E-state index contributed by atoms with van der Waals surface area (Å²) in [6.45, 7) is 9.57. The standard InChI is InChI=1S/C24H30O5/c1-7-11-17-18(23(26)24(17,27-6)16-12-9-8-10-13-16)19-20(25)22(29-15(4)5)21(19)28-14(2)3/h8-10,12-15,19H,7,11H2,1-6H3. The van der Waals surface area contributed by atoms with Gasteiger partial charge in [-0.15, -0.1) is 0 Å². The first-order valence-electron chi connectivity index (χ1n) is 10.3. The Labute approximate surface area is 172 Å². The van der Waals surface area contributed by atoms with Gasteiger partial charge in [-0.1, -0.05) is 43.7 Å². The van der Waals surface area contributed by atoms with Crippen LogP contribution in [0.5, 0.6) is 0 Å². The molecule has 2 aliphatic rings. The molecule has 5 heteroatoms. The van der Waals surface area contributed by atoms with Gasteiger partial charge in [0.15, 0.2) is 11.4 Å². The topological polar surface area (TPSA) is 61.8 Å². The van der Waals surface area contributed by atoms with Crippen molar-refractivity contribution in [2.45, 2.75) is 65.3 Å². The Hall–Kier alpha value is -2.40. The number of Topliss-reactive ketones (excluding diaryl/α,β-unsaturated/α-hetero) is 2. The third-order valence-corrected chi connectivity index (χ3v) is 5.28. The zero-order valence-electron chi connectivity index (χ0n) is 18.1. The molecule has 0 amide bonds. The Morgan fingerprint density at radius 3 is 2.14 bits per heavy atom. The molecule has 1 aromatic rings. The van der Waals surface area contributed by atoms with Gasteiger partial charge in [0.2, 0.25) is 17.3 Å². The summed E-state index contributed by atoms with van der Waals surface area (Å²) in [6, 6.07) is 9.47. The van der Waals surface area contributed by atoms with E-state index < -0.39 is 11.5 Å². The summed E-state index contributed by atoms with van der Waals surface area (Å²) in [5, 5.41) is 0. The smallest absolute Gasteiger partial charge is 0.216 e. The quantitative estimate of drug-likeness (QED) is 0.614. The number of benzene rings is 1. The van der Waals surface area contributed by atoms with Crippen LogP contribution in [0.3, 0.4) is 0 Å². The molecule has 2 aliphatic carbocycles. The molecular weight excluding hydrogens is 368 g/mol. The fraction of sp³-hybridized carbons (Fsp3) is 0.500. The normalized spacial score (nSPS) is 24.2. The molecule has 0 saturated carbocycles. The number of methoxy groups -OCH3 is 1. The Morgan fingerprint density at radius 1 is 1.00 bits per heavy atom. The highest BCUT2D eigenvalue weighted by atomic mass is 16.5. The summed E-state index contributed by atoms with van der Waals surface area (Å²) in [6.07, 6.45) is 1.23. The van der Waals surface area contributed by atoms with Gasteiger partial charge in [-0.25, -0.2) is 0 Å². The molecule has 3 rings (SSSR count). The maximum absolute atomic E-state index is 13.5. The van der Waals surface area contributed by atoms with Crippen LogP contribution in [0.15, 0.2) is 53.0 Å². The van der Waals surface area contributed by atoms with Crippen molar-refractivity contribution in [1.82, 2.24) is 0 Å². The summed E-state index contributed by atoms with van der Waals surface area (Å²) in [5.74, 6) is -0.351. The van der Waals surface area contributed by atoms with Gasteiger partial charge in [0.25, 0.3) is 0 Å². The molecule has 2 unspecified atom stereocenters. The van der Waals surface area contributed by atoms with E-state index in [9.17, 15) is 9.59 Å². The highest BCUT2D eigenvalue weighted by Crippen LogP contribution is 2.54. The molecule has 0 N–H and O–H groups in total. The maximum atomic E-state index is 13.5. The number of ketones is 2. The lowest BCUT2D eigenvalue weighted by atomic mass is 9.60. The number of carbonyl (C=O) groups excluding carboxylic acids is 2. The predicted molar refractivity (Wildman–Crippen MR) is 110 cm³/mol. The van der Waals surface area contributed by atoms with Gasteiger partial charge >= 0.3 is 0 Å². The molecule has 0 heterocycles. The van der Waals surface area contributed by atoms with Crippen molar-refractivity contribution < 1.29 is 23.8 Å². The summed E-state index contributed by atoms with van der Waals surface area (Å²) >= 11 is 0. The third-order valence-electron chi connectivity index (χ3n) is 5.28. The summed E-state index contributed by atoms with van der Waals surface area (Å²) in [7, 11) is 1.55. The largest absolute Gasteiger partial charge is 0.490 e. The lowest BCUT2D eigenvalue weighted by Crippen LogP contribution is -2.55. The van der Waals surface area contributed by atoms with E-state index in [1.165, 1.54) is 0 Å². The lowest BCUT2D eigenvalue weighted by molar-refractivity contribution is -0.143. The van der Waals surface area contributed by atoms with Crippen LogP contribution in [0.4, 0.5) is 0 Å². The maximum Gasteiger partial charge on any atom is 0.216 e. The highest BCUT2D eigenvalue weighted by Gasteiger charge is 2.61. The van der Waals surface area contributed by atoms with Crippen LogP contribution in [0.2, 0.25) is 0 Å². The molecule has 2 atom stereocenters. The van der Waals surface area contributed by atoms with Crippen molar-refractivity contribution in [3.05, 3.63) is 58.6 Å². The Kier molecular flexibility index (Phi) is 5.99. The molecule has 0 aliphatic heterocycles. The fourth-order valence-corrected chi connectivity index (χ4v) is 4.18. The average Bonchev–Trinajstić information content (AvgIpc) is 2.70. The first-order valence-corrected chi connectivity index (χ1v) is 10.3. The van der Waals surface area contributed by atoms with Gasteiger partial charge in [-0.05, 0) is 45.3 Å². The second-order valence-corrected chi connectivity index (χ2v) is 8.05. The van der Waals surface area contributed by atoms with E-state index in [0.29, 0.717) is 17.8 Å². The lowest BCUT2D eigenvalue weighted by Gasteiger charge is -2.47. The number of rotatable bonds is 9. The second-order valence-electron chi connectivity index (χ2n) is 8.05. The van der Waals surface area contributed by atoms with Gasteiger partial charge in [-0.2, -0.15) is 0 Å². The highest BCUT2D eigenvalue weighted by molar-refractivity contribution is 6.20. The van der Waals surface area contributed by atoms with E-state index >= 15 is 0 Å². The molecule has 0 aromatic heterocycles. The van der Waals surface area contributed by atoms with Crippen LogP contribution in [-0.2, 0) is 29.4 Å². The molecule has 0 fully saturated rings. The Morgan fingerprint density at radius 2 is 1.62 bits per heavy atom. The molecule has 0 radical (unpaired) electrons. The van der Waals surface area contributed by atoms with Gasteiger partial charge in [0, 0.05) is 12.7 Å². The van der Waals surface area contributed by atoms with Crippen LogP contribution in [-0.4, -0.2) is 30.9 Å². The number of allylic oxidation sites excluding steroid dienone is 2. The molecule has 0 spiro atoms. The predicted octanol–water partition coefficient (Wildman–Crippen LogP) is 4.47. The molecule has 29 heavy (non-hydrogen) atoms. The first kappa shape index (κ1) is 21.3. The van der Waals surface area contributed by atoms with Gasteiger partial charge in [0.1, 0.15) is 5.92 Å². The summed E-state index contributed by atoms with van der Waals surface area (Å²) in [4.78, 5) is 26.5. The summed E-state index contributed by atoms with van der Waals surface area (Å²) < 4.78 is 17.4. The number of hydrogen-bond donors (Lipinski definition) is 0. The van der Waals surface area contributed by atoms with Crippen LogP contribution in [0, 0.1) is 5.92 Å². The van der Waals surface area contributed by atoms with Gasteiger partial charge in [-0.3, -0.25) is 9.59 Å². The fourth-order valence-electron chi connectivity index (χ4n) is 4.18. The van der Waals surface area contributed by atoms with Crippen molar-refractivity contribution in [3.63, 3.8) is 0 Å². The number of hydrogen-bond acceptors (Lipinski definition) is 5. The molecule has 5 nitrogen and oxygen atoms in total. The SMILES string of the molecule is CCCC1=C(C2C(=O)C(OC(C)C)=C2OC(C)C)C(=O)C1(OC)c1ccccc1. The summed E-state index contributed by atoms with van der Waals surface area (Å²) in [5.41, 5.74) is 1.05. The third kappa shape index (κ3) is 3.31. The molecular formula is C24H30O5. The number of ether oxygens (including phenoxy) is 3. The minimum Gasteiger partial charge on any atom is -0.490 e. The van der Waals surface area contributed by atoms with Crippen molar-refractivity contribution in [3.8, 4) is 0 Å². The van der Waals surface area contributed by atoms with E-state index in [2.05, 4.69) is 6.92 Å². The zero-order chi connectivity index (χ0) is 21.3.